The van der Waals surface area contributed by atoms with E-state index in [-0.39, 0.29) is 0 Å². The third-order valence-electron chi connectivity index (χ3n) is 2.17. The van der Waals surface area contributed by atoms with Crippen LogP contribution >= 0.6 is 0 Å². The molecule has 0 amide bonds. The molecule has 0 aliphatic carbocycles. The zero-order valence-electron chi connectivity index (χ0n) is 8.63. The number of rotatable bonds is 4. The Labute approximate surface area is 88.5 Å². The molecule has 4 heteroatoms. The van der Waals surface area contributed by atoms with Crippen LogP contribution in [0, 0.1) is 0 Å². The highest BCUT2D eigenvalue weighted by Crippen LogP contribution is 2.03. The van der Waals surface area contributed by atoms with Crippen LogP contribution in [-0.2, 0) is 25.0 Å². The highest BCUT2D eigenvalue weighted by molar-refractivity contribution is 5.13. The van der Waals surface area contributed by atoms with Crippen molar-refractivity contribution in [3.8, 4) is 0 Å². The summed E-state index contributed by atoms with van der Waals surface area (Å²) in [7, 11) is 1.86. The van der Waals surface area contributed by atoms with Gasteiger partial charge in [-0.05, 0) is 5.56 Å². The molecule has 0 aliphatic heterocycles. The van der Waals surface area contributed by atoms with Gasteiger partial charge in [-0.25, -0.2) is 0 Å². The predicted octanol–water partition coefficient (Wildman–Crippen LogP) is 1.53. The molecule has 0 atom stereocenters. The molecule has 0 saturated carbocycles. The van der Waals surface area contributed by atoms with Gasteiger partial charge in [0.1, 0.15) is 0 Å². The third-order valence-corrected chi connectivity index (χ3v) is 2.17. The molecule has 4 nitrogen and oxygen atoms in total. The van der Waals surface area contributed by atoms with Gasteiger partial charge >= 0.3 is 0 Å². The second-order valence-corrected chi connectivity index (χ2v) is 3.33. The summed E-state index contributed by atoms with van der Waals surface area (Å²) in [5.41, 5.74) is 2.15. The minimum atomic E-state index is 0.540. The second kappa shape index (κ2) is 4.70. The van der Waals surface area contributed by atoms with Gasteiger partial charge in [0, 0.05) is 7.05 Å². The standard InChI is InChI=1S/C11H13N3O/c1-14-11(7-12-13-14)9-15-8-10-5-3-2-4-6-10/h2-7H,8-9H2,1H3. The Morgan fingerprint density at radius 1 is 1.20 bits per heavy atom. The predicted molar refractivity (Wildman–Crippen MR) is 55.9 cm³/mol. The maximum absolute atomic E-state index is 5.54. The summed E-state index contributed by atoms with van der Waals surface area (Å²) >= 11 is 0. The van der Waals surface area contributed by atoms with Crippen molar-refractivity contribution < 1.29 is 4.74 Å². The highest BCUT2D eigenvalue weighted by Gasteiger charge is 1.99. The van der Waals surface area contributed by atoms with Gasteiger partial charge in [-0.2, -0.15) is 0 Å². The number of hydrogen-bond acceptors (Lipinski definition) is 3. The van der Waals surface area contributed by atoms with Gasteiger partial charge in [-0.1, -0.05) is 35.5 Å². The van der Waals surface area contributed by atoms with E-state index in [1.807, 2.05) is 37.4 Å². The minimum absolute atomic E-state index is 0.540. The normalized spacial score (nSPS) is 10.5. The smallest absolute Gasteiger partial charge is 0.0905 e. The summed E-state index contributed by atoms with van der Waals surface area (Å²) in [5.74, 6) is 0. The first-order valence-electron chi connectivity index (χ1n) is 4.81. The second-order valence-electron chi connectivity index (χ2n) is 3.33. The Morgan fingerprint density at radius 3 is 2.67 bits per heavy atom. The highest BCUT2D eigenvalue weighted by atomic mass is 16.5. The van der Waals surface area contributed by atoms with E-state index in [9.17, 15) is 0 Å². The quantitative estimate of drug-likeness (QED) is 0.756. The molecule has 0 saturated heterocycles. The molecule has 0 fully saturated rings. The zero-order chi connectivity index (χ0) is 10.5. The van der Waals surface area contributed by atoms with E-state index in [1.165, 1.54) is 5.56 Å². The van der Waals surface area contributed by atoms with Crippen LogP contribution in [0.4, 0.5) is 0 Å². The van der Waals surface area contributed by atoms with Crippen LogP contribution in [0.5, 0.6) is 0 Å². The Kier molecular flexibility index (Phi) is 3.09. The Balaban J connectivity index is 1.83. The summed E-state index contributed by atoms with van der Waals surface area (Å²) in [6.45, 7) is 1.16. The Hall–Kier alpha value is -1.68. The van der Waals surface area contributed by atoms with Crippen LogP contribution in [0.15, 0.2) is 36.5 Å². The van der Waals surface area contributed by atoms with Crippen LogP contribution < -0.4 is 0 Å². The third kappa shape index (κ3) is 2.63. The average Bonchev–Trinajstić information content (AvgIpc) is 2.66. The minimum Gasteiger partial charge on any atom is -0.370 e. The summed E-state index contributed by atoms with van der Waals surface area (Å²) < 4.78 is 7.26. The fourth-order valence-electron chi connectivity index (χ4n) is 1.29. The summed E-state index contributed by atoms with van der Waals surface area (Å²) in [6, 6.07) is 10.1. The SMILES string of the molecule is Cn1nncc1COCc1ccccc1. The average molecular weight is 203 g/mol. The van der Waals surface area contributed by atoms with Crippen molar-refractivity contribution in [2.45, 2.75) is 13.2 Å². The molecule has 0 radical (unpaired) electrons. The van der Waals surface area contributed by atoms with Crippen LogP contribution in [0.25, 0.3) is 0 Å². The van der Waals surface area contributed by atoms with Gasteiger partial charge in [0.2, 0.25) is 0 Å². The van der Waals surface area contributed by atoms with Crippen molar-refractivity contribution in [2.75, 3.05) is 0 Å². The molecular weight excluding hydrogens is 190 g/mol. The van der Waals surface area contributed by atoms with Crippen molar-refractivity contribution in [1.82, 2.24) is 15.0 Å². The lowest BCUT2D eigenvalue weighted by Crippen LogP contribution is -2.01. The summed E-state index contributed by atoms with van der Waals surface area (Å²) in [5, 5.41) is 7.61. The molecule has 0 unspecified atom stereocenters. The number of benzene rings is 1. The van der Waals surface area contributed by atoms with E-state index in [0.717, 1.165) is 5.69 Å². The van der Waals surface area contributed by atoms with E-state index in [4.69, 9.17) is 4.74 Å². The van der Waals surface area contributed by atoms with Crippen molar-refractivity contribution in [3.05, 3.63) is 47.8 Å². The first kappa shape index (κ1) is 9.86. The zero-order valence-corrected chi connectivity index (χ0v) is 8.63. The molecule has 1 aromatic carbocycles. The molecule has 2 rings (SSSR count). The Morgan fingerprint density at radius 2 is 2.00 bits per heavy atom. The largest absolute Gasteiger partial charge is 0.370 e. The van der Waals surface area contributed by atoms with Crippen molar-refractivity contribution in [2.24, 2.45) is 7.05 Å². The van der Waals surface area contributed by atoms with Crippen LogP contribution in [0.1, 0.15) is 11.3 Å². The summed E-state index contributed by atoms with van der Waals surface area (Å²) in [6.07, 6.45) is 1.71. The van der Waals surface area contributed by atoms with Crippen molar-refractivity contribution >= 4 is 0 Å². The van der Waals surface area contributed by atoms with E-state index in [0.29, 0.717) is 13.2 Å². The lowest BCUT2D eigenvalue weighted by Gasteiger charge is -2.03. The molecule has 1 aromatic heterocycles. The summed E-state index contributed by atoms with van der Waals surface area (Å²) in [4.78, 5) is 0. The fourth-order valence-corrected chi connectivity index (χ4v) is 1.29. The fraction of sp³-hybridized carbons (Fsp3) is 0.273. The van der Waals surface area contributed by atoms with Gasteiger partial charge in [-0.3, -0.25) is 4.68 Å². The Bertz CT molecular complexity index is 411. The molecule has 2 aromatic rings. The monoisotopic (exact) mass is 203 g/mol. The first-order valence-corrected chi connectivity index (χ1v) is 4.81. The number of aryl methyl sites for hydroxylation is 1. The van der Waals surface area contributed by atoms with E-state index in [1.54, 1.807) is 10.9 Å². The molecular formula is C11H13N3O. The molecule has 0 spiro atoms. The van der Waals surface area contributed by atoms with Gasteiger partial charge in [0.25, 0.3) is 0 Å². The molecule has 0 aliphatic rings. The number of aromatic nitrogens is 3. The maximum atomic E-state index is 5.54. The molecule has 1 heterocycles. The molecule has 0 N–H and O–H groups in total. The van der Waals surface area contributed by atoms with Gasteiger partial charge in [-0.15, -0.1) is 5.10 Å². The van der Waals surface area contributed by atoms with Crippen molar-refractivity contribution in [1.29, 1.82) is 0 Å². The molecule has 0 bridgehead atoms. The number of nitrogens with zero attached hydrogens (tertiary/aromatic N) is 3. The van der Waals surface area contributed by atoms with Crippen LogP contribution in [-0.4, -0.2) is 15.0 Å². The number of hydrogen-bond donors (Lipinski definition) is 0. The van der Waals surface area contributed by atoms with Crippen LogP contribution in [0.3, 0.4) is 0 Å². The van der Waals surface area contributed by atoms with Gasteiger partial charge in [0.15, 0.2) is 0 Å². The lowest BCUT2D eigenvalue weighted by molar-refractivity contribution is 0.102. The van der Waals surface area contributed by atoms with Gasteiger partial charge in [0.05, 0.1) is 25.1 Å². The van der Waals surface area contributed by atoms with E-state index >= 15 is 0 Å². The molecule has 15 heavy (non-hydrogen) atoms. The lowest BCUT2D eigenvalue weighted by atomic mass is 10.2. The van der Waals surface area contributed by atoms with Crippen molar-refractivity contribution in [3.63, 3.8) is 0 Å². The van der Waals surface area contributed by atoms with E-state index in [2.05, 4.69) is 10.3 Å². The van der Waals surface area contributed by atoms with E-state index < -0.39 is 0 Å². The number of ether oxygens (including phenoxy) is 1. The van der Waals surface area contributed by atoms with Gasteiger partial charge < -0.3 is 4.74 Å². The van der Waals surface area contributed by atoms with Crippen LogP contribution in [0.2, 0.25) is 0 Å². The molecule has 78 valence electrons. The topological polar surface area (TPSA) is 39.9 Å². The first-order chi connectivity index (χ1) is 7.36. The maximum Gasteiger partial charge on any atom is 0.0905 e.